The number of hydrogen-bond donors (Lipinski definition) is 1. The van der Waals surface area contributed by atoms with Crippen LogP contribution in [0.25, 0.3) is 0 Å². The van der Waals surface area contributed by atoms with E-state index in [1.165, 1.54) is 5.56 Å². The highest BCUT2D eigenvalue weighted by Gasteiger charge is 2.19. The normalized spacial score (nSPS) is 14.7. The Balaban J connectivity index is 2.01. The fourth-order valence-corrected chi connectivity index (χ4v) is 2.50. The monoisotopic (exact) mass is 276 g/mol. The summed E-state index contributed by atoms with van der Waals surface area (Å²) in [4.78, 5) is 2.16. The maximum absolute atomic E-state index is 5.59. The topological polar surface area (TPSA) is 41.6 Å². The number of hydrogen-bond acceptors (Lipinski definition) is 4. The van der Waals surface area contributed by atoms with E-state index in [1.807, 2.05) is 26.0 Å². The molecule has 0 spiro atoms. The minimum Gasteiger partial charge on any atom is -0.468 e. The van der Waals surface area contributed by atoms with Crippen molar-refractivity contribution in [2.24, 2.45) is 0 Å². The molecule has 0 aliphatic rings. The number of nitrogens with one attached hydrogen (secondary N) is 1. The third-order valence-electron chi connectivity index (χ3n) is 3.66. The molecule has 110 valence electrons. The Morgan fingerprint density at radius 2 is 2.05 bits per heavy atom. The van der Waals surface area contributed by atoms with Crippen LogP contribution in [0, 0.1) is 13.8 Å². The van der Waals surface area contributed by atoms with Crippen LogP contribution < -0.4 is 5.32 Å². The summed E-state index contributed by atoms with van der Waals surface area (Å²) in [5.74, 6) is 2.93. The number of furan rings is 2. The van der Waals surface area contributed by atoms with E-state index in [4.69, 9.17) is 8.83 Å². The van der Waals surface area contributed by atoms with Gasteiger partial charge in [0.1, 0.15) is 17.3 Å². The molecular weight excluding hydrogens is 252 g/mol. The van der Waals surface area contributed by atoms with Crippen LogP contribution in [0.2, 0.25) is 0 Å². The third-order valence-corrected chi connectivity index (χ3v) is 3.66. The second-order valence-corrected chi connectivity index (χ2v) is 5.49. The van der Waals surface area contributed by atoms with E-state index < -0.39 is 0 Å². The Morgan fingerprint density at radius 3 is 2.55 bits per heavy atom. The maximum Gasteiger partial charge on any atom is 0.122 e. The number of nitrogens with zero attached hydrogens (tertiary/aromatic N) is 1. The molecule has 0 amide bonds. The molecule has 0 saturated heterocycles. The molecule has 2 rings (SSSR count). The van der Waals surface area contributed by atoms with Gasteiger partial charge in [0.15, 0.2) is 0 Å². The van der Waals surface area contributed by atoms with E-state index in [0.717, 1.165) is 23.8 Å². The van der Waals surface area contributed by atoms with Crippen LogP contribution in [-0.4, -0.2) is 25.5 Å². The van der Waals surface area contributed by atoms with Crippen molar-refractivity contribution in [3.8, 4) is 0 Å². The van der Waals surface area contributed by atoms with Crippen molar-refractivity contribution in [2.75, 3.05) is 20.6 Å². The quantitative estimate of drug-likeness (QED) is 0.877. The Hall–Kier alpha value is -1.52. The van der Waals surface area contributed by atoms with Gasteiger partial charge in [-0.2, -0.15) is 0 Å². The summed E-state index contributed by atoms with van der Waals surface area (Å²) in [7, 11) is 4.12. The van der Waals surface area contributed by atoms with Gasteiger partial charge in [-0.05, 0) is 53.1 Å². The molecule has 2 unspecified atom stereocenters. The van der Waals surface area contributed by atoms with Gasteiger partial charge in [-0.25, -0.2) is 0 Å². The zero-order valence-electron chi connectivity index (χ0n) is 12.9. The largest absolute Gasteiger partial charge is 0.468 e. The molecule has 1 N–H and O–H groups in total. The lowest BCUT2D eigenvalue weighted by Crippen LogP contribution is -2.32. The highest BCUT2D eigenvalue weighted by molar-refractivity contribution is 5.23. The van der Waals surface area contributed by atoms with Crippen LogP contribution in [0.4, 0.5) is 0 Å². The summed E-state index contributed by atoms with van der Waals surface area (Å²) in [5.41, 5.74) is 1.22. The van der Waals surface area contributed by atoms with Gasteiger partial charge in [-0.1, -0.05) is 0 Å². The highest BCUT2D eigenvalue weighted by atomic mass is 16.3. The smallest absolute Gasteiger partial charge is 0.122 e. The molecule has 2 aromatic heterocycles. The standard InChI is InChI=1S/C16H24N2O2/c1-11-9-14(13(3)20-11)12(2)17-10-15(18(4)5)16-7-6-8-19-16/h6-9,12,15,17H,10H2,1-5H3. The van der Waals surface area contributed by atoms with Crippen LogP contribution in [0.3, 0.4) is 0 Å². The first-order chi connectivity index (χ1) is 9.49. The van der Waals surface area contributed by atoms with Gasteiger partial charge < -0.3 is 14.2 Å². The van der Waals surface area contributed by atoms with Crippen molar-refractivity contribution in [3.63, 3.8) is 0 Å². The van der Waals surface area contributed by atoms with Crippen LogP contribution in [0.1, 0.15) is 41.9 Å². The van der Waals surface area contributed by atoms with Gasteiger partial charge in [0.05, 0.1) is 12.3 Å². The first-order valence-corrected chi connectivity index (χ1v) is 6.99. The Morgan fingerprint density at radius 1 is 1.30 bits per heavy atom. The van der Waals surface area contributed by atoms with E-state index in [1.54, 1.807) is 6.26 Å². The molecule has 4 heteroatoms. The van der Waals surface area contributed by atoms with Gasteiger partial charge >= 0.3 is 0 Å². The number of aryl methyl sites for hydroxylation is 2. The molecule has 0 saturated carbocycles. The van der Waals surface area contributed by atoms with Crippen LogP contribution in [0.15, 0.2) is 33.3 Å². The Labute approximate surface area is 120 Å². The fourth-order valence-electron chi connectivity index (χ4n) is 2.50. The zero-order chi connectivity index (χ0) is 14.7. The fraction of sp³-hybridized carbons (Fsp3) is 0.500. The molecule has 20 heavy (non-hydrogen) atoms. The van der Waals surface area contributed by atoms with Crippen LogP contribution in [-0.2, 0) is 0 Å². The van der Waals surface area contributed by atoms with Crippen LogP contribution >= 0.6 is 0 Å². The molecular formula is C16H24N2O2. The Bertz CT molecular complexity index is 529. The summed E-state index contributed by atoms with van der Waals surface area (Å²) >= 11 is 0. The first kappa shape index (κ1) is 14.9. The van der Waals surface area contributed by atoms with Crippen LogP contribution in [0.5, 0.6) is 0 Å². The van der Waals surface area contributed by atoms with Gasteiger partial charge in [0.2, 0.25) is 0 Å². The Kier molecular flexibility index (Phi) is 4.68. The lowest BCUT2D eigenvalue weighted by molar-refractivity contribution is 0.245. The summed E-state index contributed by atoms with van der Waals surface area (Å²) in [6.45, 7) is 6.97. The van der Waals surface area contributed by atoms with Crippen molar-refractivity contribution >= 4 is 0 Å². The second-order valence-electron chi connectivity index (χ2n) is 5.49. The summed E-state index contributed by atoms with van der Waals surface area (Å²) in [5, 5.41) is 3.56. The molecule has 4 nitrogen and oxygen atoms in total. The molecule has 0 bridgehead atoms. The summed E-state index contributed by atoms with van der Waals surface area (Å²) in [6.07, 6.45) is 1.72. The van der Waals surface area contributed by atoms with Crippen molar-refractivity contribution in [2.45, 2.75) is 32.9 Å². The number of likely N-dealkylation sites (N-methyl/N-ethyl adjacent to an activating group) is 1. The average Bonchev–Trinajstić information content (AvgIpc) is 2.99. The molecule has 0 aromatic carbocycles. The van der Waals surface area contributed by atoms with E-state index in [2.05, 4.69) is 37.3 Å². The van der Waals surface area contributed by atoms with Crippen molar-refractivity contribution in [3.05, 3.63) is 47.3 Å². The zero-order valence-corrected chi connectivity index (χ0v) is 12.9. The average molecular weight is 276 g/mol. The molecule has 2 aromatic rings. The third kappa shape index (κ3) is 3.32. The van der Waals surface area contributed by atoms with Gasteiger partial charge in [0, 0.05) is 18.2 Å². The van der Waals surface area contributed by atoms with Crippen molar-refractivity contribution in [1.29, 1.82) is 0 Å². The first-order valence-electron chi connectivity index (χ1n) is 6.99. The van der Waals surface area contributed by atoms with Crippen molar-refractivity contribution < 1.29 is 8.83 Å². The second kappa shape index (κ2) is 6.29. The lowest BCUT2D eigenvalue weighted by atomic mass is 10.1. The van der Waals surface area contributed by atoms with Gasteiger partial charge in [0.25, 0.3) is 0 Å². The van der Waals surface area contributed by atoms with Gasteiger partial charge in [-0.15, -0.1) is 0 Å². The van der Waals surface area contributed by atoms with Crippen molar-refractivity contribution in [1.82, 2.24) is 10.2 Å². The molecule has 2 heterocycles. The van der Waals surface area contributed by atoms with E-state index in [0.29, 0.717) is 0 Å². The minimum atomic E-state index is 0.223. The maximum atomic E-state index is 5.59. The molecule has 0 aliphatic carbocycles. The van der Waals surface area contributed by atoms with E-state index >= 15 is 0 Å². The van der Waals surface area contributed by atoms with E-state index in [9.17, 15) is 0 Å². The predicted molar refractivity (Wildman–Crippen MR) is 79.7 cm³/mol. The number of rotatable bonds is 6. The summed E-state index contributed by atoms with van der Waals surface area (Å²) in [6, 6.07) is 6.53. The van der Waals surface area contributed by atoms with E-state index in [-0.39, 0.29) is 12.1 Å². The molecule has 2 atom stereocenters. The summed E-state index contributed by atoms with van der Waals surface area (Å²) < 4.78 is 11.1. The lowest BCUT2D eigenvalue weighted by Gasteiger charge is -2.24. The predicted octanol–water partition coefficient (Wildman–Crippen LogP) is 3.44. The SMILES string of the molecule is Cc1cc(C(C)NCC(c2ccco2)N(C)C)c(C)o1. The minimum absolute atomic E-state index is 0.223. The molecule has 0 radical (unpaired) electrons. The molecule has 0 fully saturated rings. The van der Waals surface area contributed by atoms with Gasteiger partial charge in [-0.3, -0.25) is 4.90 Å². The molecule has 0 aliphatic heterocycles. The highest BCUT2D eigenvalue weighted by Crippen LogP contribution is 2.23.